The number of fused-ring (bicyclic) bond motifs is 1. The molecule has 0 aliphatic rings. The van der Waals surface area contributed by atoms with Crippen molar-refractivity contribution < 1.29 is 9.90 Å². The molecule has 0 saturated carbocycles. The van der Waals surface area contributed by atoms with Crippen molar-refractivity contribution >= 4 is 17.0 Å². The van der Waals surface area contributed by atoms with E-state index in [-0.39, 0.29) is 5.92 Å². The molecule has 0 radical (unpaired) electrons. The SMILES string of the molecule is CC(C)c1c(C(=O)O)ccc2n[nH]nc12. The Hall–Kier alpha value is -1.91. The van der Waals surface area contributed by atoms with Crippen LogP contribution in [0.3, 0.4) is 0 Å². The van der Waals surface area contributed by atoms with Crippen LogP contribution in [-0.4, -0.2) is 26.5 Å². The van der Waals surface area contributed by atoms with Crippen LogP contribution in [0.2, 0.25) is 0 Å². The molecule has 1 aromatic heterocycles. The van der Waals surface area contributed by atoms with Crippen LogP contribution in [-0.2, 0) is 0 Å². The third-order valence-corrected chi connectivity index (χ3v) is 2.34. The molecule has 0 fully saturated rings. The fraction of sp³-hybridized carbons (Fsp3) is 0.300. The van der Waals surface area contributed by atoms with Crippen molar-refractivity contribution in [1.82, 2.24) is 15.4 Å². The number of carboxylic acid groups (broad SMARTS) is 1. The molecule has 0 aliphatic heterocycles. The first-order valence-electron chi connectivity index (χ1n) is 4.68. The highest BCUT2D eigenvalue weighted by atomic mass is 16.4. The van der Waals surface area contributed by atoms with E-state index in [0.717, 1.165) is 5.56 Å². The standard InChI is InChI=1S/C10H11N3O2/c1-5(2)8-6(10(14)15)3-4-7-9(8)12-13-11-7/h3-5H,1-2H3,(H,14,15)(H,11,12,13). The zero-order chi connectivity index (χ0) is 11.0. The van der Waals surface area contributed by atoms with Crippen LogP contribution in [0.5, 0.6) is 0 Å². The smallest absolute Gasteiger partial charge is 0.336 e. The molecule has 2 aromatic rings. The van der Waals surface area contributed by atoms with Gasteiger partial charge in [-0.25, -0.2) is 4.79 Å². The Bertz CT molecular complexity index is 516. The molecule has 78 valence electrons. The number of benzene rings is 1. The molecule has 0 saturated heterocycles. The maximum absolute atomic E-state index is 11.0. The van der Waals surface area contributed by atoms with Gasteiger partial charge in [-0.05, 0) is 23.6 Å². The zero-order valence-corrected chi connectivity index (χ0v) is 8.48. The van der Waals surface area contributed by atoms with Crippen molar-refractivity contribution in [3.63, 3.8) is 0 Å². The fourth-order valence-electron chi connectivity index (χ4n) is 1.70. The van der Waals surface area contributed by atoms with E-state index in [2.05, 4.69) is 15.4 Å². The quantitative estimate of drug-likeness (QED) is 0.783. The molecule has 15 heavy (non-hydrogen) atoms. The first-order valence-corrected chi connectivity index (χ1v) is 4.68. The summed E-state index contributed by atoms with van der Waals surface area (Å²) in [5.74, 6) is -0.825. The van der Waals surface area contributed by atoms with E-state index >= 15 is 0 Å². The zero-order valence-electron chi connectivity index (χ0n) is 8.48. The number of rotatable bonds is 2. The predicted molar refractivity (Wildman–Crippen MR) is 54.9 cm³/mol. The minimum Gasteiger partial charge on any atom is -0.478 e. The lowest BCUT2D eigenvalue weighted by Crippen LogP contribution is -2.04. The van der Waals surface area contributed by atoms with Gasteiger partial charge in [-0.15, -0.1) is 0 Å². The highest BCUT2D eigenvalue weighted by Gasteiger charge is 2.17. The molecule has 0 aliphatic carbocycles. The molecule has 5 heteroatoms. The molecule has 0 bridgehead atoms. The van der Waals surface area contributed by atoms with Crippen LogP contribution >= 0.6 is 0 Å². The van der Waals surface area contributed by atoms with Gasteiger partial charge in [-0.3, -0.25) is 0 Å². The lowest BCUT2D eigenvalue weighted by Gasteiger charge is -2.09. The first kappa shape index (κ1) is 9.64. The summed E-state index contributed by atoms with van der Waals surface area (Å²) >= 11 is 0. The monoisotopic (exact) mass is 205 g/mol. The van der Waals surface area contributed by atoms with E-state index in [1.807, 2.05) is 13.8 Å². The molecule has 2 N–H and O–H groups in total. The number of aromatic amines is 1. The van der Waals surface area contributed by atoms with Crippen molar-refractivity contribution in [3.05, 3.63) is 23.3 Å². The lowest BCUT2D eigenvalue weighted by atomic mass is 9.95. The molecule has 5 nitrogen and oxygen atoms in total. The average molecular weight is 205 g/mol. The highest BCUT2D eigenvalue weighted by molar-refractivity contribution is 5.95. The van der Waals surface area contributed by atoms with Crippen molar-refractivity contribution in [2.45, 2.75) is 19.8 Å². The van der Waals surface area contributed by atoms with Gasteiger partial charge in [0.2, 0.25) is 0 Å². The Morgan fingerprint density at radius 2 is 2.13 bits per heavy atom. The molecule has 2 rings (SSSR count). The van der Waals surface area contributed by atoms with Gasteiger partial charge in [-0.2, -0.15) is 15.4 Å². The summed E-state index contributed by atoms with van der Waals surface area (Å²) in [4.78, 5) is 11.0. The summed E-state index contributed by atoms with van der Waals surface area (Å²) in [6.07, 6.45) is 0. The number of aromatic carboxylic acids is 1. The van der Waals surface area contributed by atoms with Gasteiger partial charge in [0.15, 0.2) is 0 Å². The second-order valence-electron chi connectivity index (χ2n) is 3.68. The number of H-pyrrole nitrogens is 1. The third-order valence-electron chi connectivity index (χ3n) is 2.34. The van der Waals surface area contributed by atoms with Crippen LogP contribution < -0.4 is 0 Å². The van der Waals surface area contributed by atoms with Gasteiger partial charge in [0.05, 0.1) is 5.56 Å². The molecule has 1 aromatic carbocycles. The summed E-state index contributed by atoms with van der Waals surface area (Å²) in [5.41, 5.74) is 2.37. The van der Waals surface area contributed by atoms with E-state index in [4.69, 9.17) is 5.11 Å². The lowest BCUT2D eigenvalue weighted by molar-refractivity contribution is 0.0695. The number of carbonyl (C=O) groups is 1. The topological polar surface area (TPSA) is 78.9 Å². The summed E-state index contributed by atoms with van der Waals surface area (Å²) < 4.78 is 0. The van der Waals surface area contributed by atoms with Gasteiger partial charge >= 0.3 is 5.97 Å². The Kier molecular flexibility index (Phi) is 2.15. The summed E-state index contributed by atoms with van der Waals surface area (Å²) in [6.45, 7) is 3.88. The van der Waals surface area contributed by atoms with E-state index < -0.39 is 5.97 Å². The maximum Gasteiger partial charge on any atom is 0.336 e. The minimum atomic E-state index is -0.927. The summed E-state index contributed by atoms with van der Waals surface area (Å²) in [6, 6.07) is 3.23. The molecule has 1 heterocycles. The number of carboxylic acids is 1. The normalized spacial score (nSPS) is 11.1. The third kappa shape index (κ3) is 1.45. The van der Waals surface area contributed by atoms with Crippen LogP contribution in [0.25, 0.3) is 11.0 Å². The molecular weight excluding hydrogens is 194 g/mol. The number of nitrogens with zero attached hydrogens (tertiary/aromatic N) is 2. The molecule has 0 amide bonds. The molecule has 0 atom stereocenters. The van der Waals surface area contributed by atoms with Gasteiger partial charge in [0.1, 0.15) is 11.0 Å². The van der Waals surface area contributed by atoms with Crippen molar-refractivity contribution in [3.8, 4) is 0 Å². The van der Waals surface area contributed by atoms with Gasteiger partial charge in [-0.1, -0.05) is 13.8 Å². The second kappa shape index (κ2) is 3.34. The molecule has 0 unspecified atom stereocenters. The molecule has 0 spiro atoms. The minimum absolute atomic E-state index is 0.102. The number of hydrogen-bond acceptors (Lipinski definition) is 3. The second-order valence-corrected chi connectivity index (χ2v) is 3.68. The van der Waals surface area contributed by atoms with Crippen molar-refractivity contribution in [2.24, 2.45) is 0 Å². The van der Waals surface area contributed by atoms with Crippen molar-refractivity contribution in [2.75, 3.05) is 0 Å². The van der Waals surface area contributed by atoms with Gasteiger partial charge in [0.25, 0.3) is 0 Å². The Morgan fingerprint density at radius 3 is 2.73 bits per heavy atom. The van der Waals surface area contributed by atoms with Crippen molar-refractivity contribution in [1.29, 1.82) is 0 Å². The summed E-state index contributed by atoms with van der Waals surface area (Å²) in [7, 11) is 0. The van der Waals surface area contributed by atoms with Gasteiger partial charge < -0.3 is 5.11 Å². The first-order chi connectivity index (χ1) is 7.11. The van der Waals surface area contributed by atoms with Crippen LogP contribution in [0.1, 0.15) is 35.7 Å². The number of hydrogen-bond donors (Lipinski definition) is 2. The number of aromatic nitrogens is 3. The van der Waals surface area contributed by atoms with E-state index in [9.17, 15) is 4.79 Å². The number of nitrogens with one attached hydrogen (secondary N) is 1. The largest absolute Gasteiger partial charge is 0.478 e. The summed E-state index contributed by atoms with van der Waals surface area (Å²) in [5, 5.41) is 19.5. The van der Waals surface area contributed by atoms with Crippen LogP contribution in [0.4, 0.5) is 0 Å². The average Bonchev–Trinajstić information content (AvgIpc) is 2.62. The Morgan fingerprint density at radius 1 is 1.40 bits per heavy atom. The molecular formula is C10H11N3O2. The Balaban J connectivity index is 2.81. The maximum atomic E-state index is 11.0. The van der Waals surface area contributed by atoms with Crippen LogP contribution in [0.15, 0.2) is 12.1 Å². The van der Waals surface area contributed by atoms with E-state index in [1.54, 1.807) is 12.1 Å². The van der Waals surface area contributed by atoms with Crippen LogP contribution in [0, 0.1) is 0 Å². The van der Waals surface area contributed by atoms with Gasteiger partial charge in [0, 0.05) is 0 Å². The Labute approximate surface area is 86.1 Å². The highest BCUT2D eigenvalue weighted by Crippen LogP contribution is 2.26. The van der Waals surface area contributed by atoms with E-state index in [0.29, 0.717) is 16.6 Å². The predicted octanol–water partition coefficient (Wildman–Crippen LogP) is 1.78. The fourth-order valence-corrected chi connectivity index (χ4v) is 1.70. The van der Waals surface area contributed by atoms with E-state index in [1.165, 1.54) is 0 Å².